The fourth-order valence-electron chi connectivity index (χ4n) is 1.96. The monoisotopic (exact) mass is 292 g/mol. The molecule has 0 saturated heterocycles. The molecular formula is C16H14F2O3. The summed E-state index contributed by atoms with van der Waals surface area (Å²) in [5.74, 6) is -2.05. The molecule has 1 unspecified atom stereocenters. The number of carbonyl (C=O) groups is 1. The van der Waals surface area contributed by atoms with E-state index in [1.165, 1.54) is 30.3 Å². The van der Waals surface area contributed by atoms with Crippen molar-refractivity contribution in [2.75, 3.05) is 6.61 Å². The van der Waals surface area contributed by atoms with E-state index in [-0.39, 0.29) is 23.3 Å². The van der Waals surface area contributed by atoms with Crippen LogP contribution in [0.2, 0.25) is 0 Å². The third kappa shape index (κ3) is 3.25. The van der Waals surface area contributed by atoms with Crippen molar-refractivity contribution in [3.05, 3.63) is 59.7 Å². The van der Waals surface area contributed by atoms with E-state index in [0.29, 0.717) is 0 Å². The molecule has 0 radical (unpaired) electrons. The van der Waals surface area contributed by atoms with Gasteiger partial charge in [0.1, 0.15) is 11.6 Å². The Hall–Kier alpha value is -2.27. The Balaban J connectivity index is 2.43. The summed E-state index contributed by atoms with van der Waals surface area (Å²) in [6, 6.07) is 9.30. The molecule has 3 nitrogen and oxygen atoms in total. The molecule has 0 heterocycles. The molecule has 5 heteroatoms. The molecular weight excluding hydrogens is 278 g/mol. The van der Waals surface area contributed by atoms with Crippen molar-refractivity contribution in [2.24, 2.45) is 0 Å². The first-order valence-corrected chi connectivity index (χ1v) is 6.43. The van der Waals surface area contributed by atoms with E-state index in [1.54, 1.807) is 13.0 Å². The second-order valence-electron chi connectivity index (χ2n) is 4.37. The summed E-state index contributed by atoms with van der Waals surface area (Å²) in [4.78, 5) is 11.5. The molecule has 110 valence electrons. The number of benzene rings is 2. The molecule has 2 aromatic carbocycles. The lowest BCUT2D eigenvalue weighted by molar-refractivity contribution is -0.153. The maximum absolute atomic E-state index is 13.9. The molecule has 2 aromatic rings. The number of hydrogen-bond donors (Lipinski definition) is 1. The van der Waals surface area contributed by atoms with Gasteiger partial charge in [0.2, 0.25) is 0 Å². The molecule has 0 amide bonds. The molecule has 0 bridgehead atoms. The highest BCUT2D eigenvalue weighted by molar-refractivity contribution is 5.77. The molecule has 0 aliphatic rings. The molecule has 0 saturated carbocycles. The fourth-order valence-corrected chi connectivity index (χ4v) is 1.96. The number of rotatable bonds is 4. The second-order valence-corrected chi connectivity index (χ2v) is 4.37. The van der Waals surface area contributed by atoms with Gasteiger partial charge in [0.15, 0.2) is 6.10 Å². The summed E-state index contributed by atoms with van der Waals surface area (Å²) in [6.07, 6.45) is -1.53. The highest BCUT2D eigenvalue weighted by Gasteiger charge is 2.20. The number of aliphatic hydroxyl groups is 1. The predicted molar refractivity (Wildman–Crippen MR) is 73.4 cm³/mol. The molecule has 0 fully saturated rings. The van der Waals surface area contributed by atoms with Gasteiger partial charge in [0, 0.05) is 11.1 Å². The van der Waals surface area contributed by atoms with Crippen LogP contribution in [0.1, 0.15) is 18.6 Å². The number of aliphatic hydroxyl groups excluding tert-OH is 1. The highest BCUT2D eigenvalue weighted by atomic mass is 19.1. The van der Waals surface area contributed by atoms with E-state index < -0.39 is 23.7 Å². The smallest absolute Gasteiger partial charge is 0.339 e. The summed E-state index contributed by atoms with van der Waals surface area (Å²) in [7, 11) is 0. The SMILES string of the molecule is CCOC(=O)C(O)c1ccc(F)c(-c2ccccc2F)c1. The number of halogens is 2. The first-order valence-electron chi connectivity index (χ1n) is 6.43. The van der Waals surface area contributed by atoms with Crippen molar-refractivity contribution < 1.29 is 23.4 Å². The predicted octanol–water partition coefficient (Wildman–Crippen LogP) is 3.23. The van der Waals surface area contributed by atoms with Crippen molar-refractivity contribution in [3.8, 4) is 11.1 Å². The summed E-state index contributed by atoms with van der Waals surface area (Å²) in [5.41, 5.74) is 0.190. The van der Waals surface area contributed by atoms with Gasteiger partial charge in [-0.25, -0.2) is 13.6 Å². The van der Waals surface area contributed by atoms with Crippen LogP contribution in [0.5, 0.6) is 0 Å². The van der Waals surface area contributed by atoms with Gasteiger partial charge in [-0.1, -0.05) is 24.3 Å². The Labute approximate surface area is 120 Å². The quantitative estimate of drug-likeness (QED) is 0.880. The summed E-state index contributed by atoms with van der Waals surface area (Å²) >= 11 is 0. The van der Waals surface area contributed by atoms with Crippen LogP contribution in [0.25, 0.3) is 11.1 Å². The maximum Gasteiger partial charge on any atom is 0.339 e. The Kier molecular flexibility index (Phi) is 4.65. The second kappa shape index (κ2) is 6.45. The zero-order chi connectivity index (χ0) is 15.4. The topological polar surface area (TPSA) is 46.5 Å². The van der Waals surface area contributed by atoms with Gasteiger partial charge in [-0.2, -0.15) is 0 Å². The van der Waals surface area contributed by atoms with E-state index in [2.05, 4.69) is 0 Å². The van der Waals surface area contributed by atoms with Crippen LogP contribution >= 0.6 is 0 Å². The minimum atomic E-state index is -1.53. The van der Waals surface area contributed by atoms with E-state index >= 15 is 0 Å². The lowest BCUT2D eigenvalue weighted by Gasteiger charge is -2.12. The lowest BCUT2D eigenvalue weighted by Crippen LogP contribution is -2.15. The van der Waals surface area contributed by atoms with Crippen LogP contribution in [-0.4, -0.2) is 17.7 Å². The Bertz CT molecular complexity index is 656. The molecule has 1 atom stereocenters. The largest absolute Gasteiger partial charge is 0.464 e. The van der Waals surface area contributed by atoms with Crippen LogP contribution in [-0.2, 0) is 9.53 Å². The number of hydrogen-bond acceptors (Lipinski definition) is 3. The third-order valence-electron chi connectivity index (χ3n) is 2.98. The van der Waals surface area contributed by atoms with E-state index in [4.69, 9.17) is 4.74 Å². The molecule has 0 spiro atoms. The van der Waals surface area contributed by atoms with Gasteiger partial charge in [-0.15, -0.1) is 0 Å². The Morgan fingerprint density at radius 3 is 2.48 bits per heavy atom. The minimum Gasteiger partial charge on any atom is -0.464 e. The zero-order valence-corrected chi connectivity index (χ0v) is 11.3. The van der Waals surface area contributed by atoms with E-state index in [9.17, 15) is 18.7 Å². The molecule has 0 aromatic heterocycles. The average Bonchev–Trinajstić information content (AvgIpc) is 2.48. The van der Waals surface area contributed by atoms with Gasteiger partial charge in [-0.05, 0) is 30.7 Å². The third-order valence-corrected chi connectivity index (χ3v) is 2.98. The normalized spacial score (nSPS) is 12.0. The zero-order valence-electron chi connectivity index (χ0n) is 11.3. The van der Waals surface area contributed by atoms with Crippen LogP contribution in [0.15, 0.2) is 42.5 Å². The van der Waals surface area contributed by atoms with Gasteiger partial charge < -0.3 is 9.84 Å². The van der Waals surface area contributed by atoms with Crippen LogP contribution in [0.3, 0.4) is 0 Å². The van der Waals surface area contributed by atoms with E-state index in [1.807, 2.05) is 0 Å². The standard InChI is InChI=1S/C16H14F2O3/c1-2-21-16(20)15(19)10-7-8-14(18)12(9-10)11-5-3-4-6-13(11)17/h3-9,15,19H,2H2,1H3. The van der Waals surface area contributed by atoms with Crippen molar-refractivity contribution in [3.63, 3.8) is 0 Å². The Morgan fingerprint density at radius 1 is 1.14 bits per heavy atom. The summed E-state index contributed by atoms with van der Waals surface area (Å²) in [6.45, 7) is 1.73. The van der Waals surface area contributed by atoms with Gasteiger partial charge in [0.25, 0.3) is 0 Å². The van der Waals surface area contributed by atoms with Crippen LogP contribution in [0, 0.1) is 11.6 Å². The fraction of sp³-hybridized carbons (Fsp3) is 0.188. The number of esters is 1. The lowest BCUT2D eigenvalue weighted by atomic mass is 9.99. The molecule has 1 N–H and O–H groups in total. The summed E-state index contributed by atoms with van der Waals surface area (Å²) in [5, 5.41) is 9.86. The molecule has 21 heavy (non-hydrogen) atoms. The van der Waals surface area contributed by atoms with Crippen molar-refractivity contribution in [2.45, 2.75) is 13.0 Å². The molecule has 0 aliphatic heterocycles. The van der Waals surface area contributed by atoms with Crippen LogP contribution < -0.4 is 0 Å². The summed E-state index contributed by atoms with van der Waals surface area (Å²) < 4.78 is 32.3. The molecule has 2 rings (SSSR count). The van der Waals surface area contributed by atoms with Crippen molar-refractivity contribution in [1.82, 2.24) is 0 Å². The highest BCUT2D eigenvalue weighted by Crippen LogP contribution is 2.28. The maximum atomic E-state index is 13.9. The van der Waals surface area contributed by atoms with Crippen LogP contribution in [0.4, 0.5) is 8.78 Å². The first kappa shape index (κ1) is 15.1. The van der Waals surface area contributed by atoms with Gasteiger partial charge >= 0.3 is 5.97 Å². The van der Waals surface area contributed by atoms with Gasteiger partial charge in [0.05, 0.1) is 6.61 Å². The Morgan fingerprint density at radius 2 is 1.81 bits per heavy atom. The molecule has 0 aliphatic carbocycles. The van der Waals surface area contributed by atoms with E-state index in [0.717, 1.165) is 6.07 Å². The minimum absolute atomic E-state index is 0.0195. The number of ether oxygens (including phenoxy) is 1. The average molecular weight is 292 g/mol. The van der Waals surface area contributed by atoms with Crippen molar-refractivity contribution >= 4 is 5.97 Å². The van der Waals surface area contributed by atoms with Crippen molar-refractivity contribution in [1.29, 1.82) is 0 Å². The van der Waals surface area contributed by atoms with Gasteiger partial charge in [-0.3, -0.25) is 0 Å². The number of carbonyl (C=O) groups excluding carboxylic acids is 1. The first-order chi connectivity index (χ1) is 10.0.